The first kappa shape index (κ1) is 15.2. The van der Waals surface area contributed by atoms with Crippen molar-refractivity contribution in [3.63, 3.8) is 0 Å². The van der Waals surface area contributed by atoms with Crippen molar-refractivity contribution in [3.8, 4) is 0 Å². The first-order valence-corrected chi connectivity index (χ1v) is 7.67. The van der Waals surface area contributed by atoms with E-state index in [-0.39, 0.29) is 12.5 Å². The van der Waals surface area contributed by atoms with Crippen molar-refractivity contribution in [1.29, 1.82) is 0 Å². The summed E-state index contributed by atoms with van der Waals surface area (Å²) in [6.07, 6.45) is 6.36. The van der Waals surface area contributed by atoms with Crippen molar-refractivity contribution in [2.45, 2.75) is 51.0 Å². The summed E-state index contributed by atoms with van der Waals surface area (Å²) in [5, 5.41) is 9.60. The van der Waals surface area contributed by atoms with Gasteiger partial charge in [0, 0.05) is 18.9 Å². The lowest BCUT2D eigenvalue weighted by Crippen LogP contribution is -2.22. The van der Waals surface area contributed by atoms with Gasteiger partial charge in [-0.25, -0.2) is 0 Å². The molecule has 0 amide bonds. The van der Waals surface area contributed by atoms with Crippen LogP contribution in [0.2, 0.25) is 0 Å². The van der Waals surface area contributed by atoms with E-state index < -0.39 is 6.10 Å². The standard InChI is InChI=1S/C17H25NO2/c18-12-16(19)10-13-5-4-6-14(9-13)11-17(20)15-7-2-1-3-8-15/h4-6,9,15-16,19H,1-3,7-8,10-12,18H2. The molecule has 110 valence electrons. The Morgan fingerprint density at radius 2 is 1.95 bits per heavy atom. The van der Waals surface area contributed by atoms with Crippen LogP contribution in [0.15, 0.2) is 24.3 Å². The van der Waals surface area contributed by atoms with E-state index in [2.05, 4.69) is 0 Å². The Morgan fingerprint density at radius 3 is 2.65 bits per heavy atom. The second kappa shape index (κ2) is 7.55. The number of carbonyl (C=O) groups is 1. The van der Waals surface area contributed by atoms with Gasteiger partial charge in [0.05, 0.1) is 6.10 Å². The van der Waals surface area contributed by atoms with E-state index in [4.69, 9.17) is 5.73 Å². The largest absolute Gasteiger partial charge is 0.391 e. The predicted octanol–water partition coefficient (Wildman–Crippen LogP) is 2.24. The highest BCUT2D eigenvalue weighted by molar-refractivity contribution is 5.83. The van der Waals surface area contributed by atoms with Crippen LogP contribution in [0.25, 0.3) is 0 Å². The molecule has 0 spiro atoms. The lowest BCUT2D eigenvalue weighted by atomic mass is 9.84. The number of aliphatic hydroxyl groups is 1. The van der Waals surface area contributed by atoms with Gasteiger partial charge < -0.3 is 10.8 Å². The minimum atomic E-state index is -0.501. The second-order valence-electron chi connectivity index (χ2n) is 5.89. The number of ketones is 1. The highest BCUT2D eigenvalue weighted by atomic mass is 16.3. The van der Waals surface area contributed by atoms with Gasteiger partial charge in [0.15, 0.2) is 0 Å². The Balaban J connectivity index is 1.94. The van der Waals surface area contributed by atoms with Crippen LogP contribution in [-0.2, 0) is 17.6 Å². The van der Waals surface area contributed by atoms with E-state index in [1.165, 1.54) is 19.3 Å². The van der Waals surface area contributed by atoms with Crippen molar-refractivity contribution >= 4 is 5.78 Å². The summed E-state index contributed by atoms with van der Waals surface area (Å²) in [5.41, 5.74) is 7.54. The van der Waals surface area contributed by atoms with Gasteiger partial charge in [-0.3, -0.25) is 4.79 Å². The third-order valence-corrected chi connectivity index (χ3v) is 4.17. The number of rotatable bonds is 6. The molecule has 1 aliphatic carbocycles. The summed E-state index contributed by atoms with van der Waals surface area (Å²) < 4.78 is 0. The smallest absolute Gasteiger partial charge is 0.140 e. The SMILES string of the molecule is NCC(O)Cc1cccc(CC(=O)C2CCCCC2)c1. The Morgan fingerprint density at radius 1 is 1.25 bits per heavy atom. The van der Waals surface area contributed by atoms with E-state index in [1.54, 1.807) is 0 Å². The number of aliphatic hydroxyl groups excluding tert-OH is 1. The predicted molar refractivity (Wildman–Crippen MR) is 80.5 cm³/mol. The summed E-state index contributed by atoms with van der Waals surface area (Å²) in [6.45, 7) is 0.269. The van der Waals surface area contributed by atoms with Crippen molar-refractivity contribution < 1.29 is 9.90 Å². The van der Waals surface area contributed by atoms with Gasteiger partial charge in [0.1, 0.15) is 5.78 Å². The van der Waals surface area contributed by atoms with Crippen molar-refractivity contribution in [3.05, 3.63) is 35.4 Å². The Bertz CT molecular complexity index is 438. The van der Waals surface area contributed by atoms with Gasteiger partial charge in [0.25, 0.3) is 0 Å². The highest BCUT2D eigenvalue weighted by Gasteiger charge is 2.21. The fraction of sp³-hybridized carbons (Fsp3) is 0.588. The van der Waals surface area contributed by atoms with Crippen LogP contribution < -0.4 is 5.73 Å². The third-order valence-electron chi connectivity index (χ3n) is 4.17. The van der Waals surface area contributed by atoms with E-state index in [1.807, 2.05) is 24.3 Å². The molecule has 3 nitrogen and oxygen atoms in total. The van der Waals surface area contributed by atoms with Crippen molar-refractivity contribution in [2.24, 2.45) is 11.7 Å². The number of benzene rings is 1. The van der Waals surface area contributed by atoms with Crippen LogP contribution in [0.5, 0.6) is 0 Å². The van der Waals surface area contributed by atoms with Gasteiger partial charge in [0.2, 0.25) is 0 Å². The molecular weight excluding hydrogens is 250 g/mol. The van der Waals surface area contributed by atoms with Crippen molar-refractivity contribution in [2.75, 3.05) is 6.54 Å². The van der Waals surface area contributed by atoms with Crippen LogP contribution in [-0.4, -0.2) is 23.5 Å². The van der Waals surface area contributed by atoms with Gasteiger partial charge in [-0.15, -0.1) is 0 Å². The van der Waals surface area contributed by atoms with E-state index in [0.717, 1.165) is 24.0 Å². The number of carbonyl (C=O) groups excluding carboxylic acids is 1. The van der Waals surface area contributed by atoms with Crippen LogP contribution in [0.4, 0.5) is 0 Å². The van der Waals surface area contributed by atoms with E-state index in [9.17, 15) is 9.90 Å². The van der Waals surface area contributed by atoms with Crippen LogP contribution in [0, 0.1) is 5.92 Å². The molecule has 0 aromatic heterocycles. The maximum atomic E-state index is 12.3. The molecule has 0 bridgehead atoms. The van der Waals surface area contributed by atoms with Crippen LogP contribution >= 0.6 is 0 Å². The molecular formula is C17H25NO2. The van der Waals surface area contributed by atoms with Gasteiger partial charge in [-0.05, 0) is 30.4 Å². The Labute approximate surface area is 121 Å². The molecule has 20 heavy (non-hydrogen) atoms. The number of hydrogen-bond acceptors (Lipinski definition) is 3. The van der Waals surface area contributed by atoms with Gasteiger partial charge >= 0.3 is 0 Å². The normalized spacial score (nSPS) is 17.9. The molecule has 1 saturated carbocycles. The zero-order chi connectivity index (χ0) is 14.4. The highest BCUT2D eigenvalue weighted by Crippen LogP contribution is 2.25. The summed E-state index contributed by atoms with van der Waals surface area (Å²) in [4.78, 5) is 12.3. The average Bonchev–Trinajstić information content (AvgIpc) is 2.48. The molecule has 0 saturated heterocycles. The molecule has 2 rings (SSSR count). The fourth-order valence-electron chi connectivity index (χ4n) is 2.99. The summed E-state index contributed by atoms with van der Waals surface area (Å²) in [5.74, 6) is 0.642. The average molecular weight is 275 g/mol. The van der Waals surface area contributed by atoms with Gasteiger partial charge in [-0.1, -0.05) is 43.5 Å². The molecule has 0 aliphatic heterocycles. The maximum Gasteiger partial charge on any atom is 0.140 e. The summed E-state index contributed by atoms with van der Waals surface area (Å²) in [7, 11) is 0. The zero-order valence-electron chi connectivity index (χ0n) is 12.1. The second-order valence-corrected chi connectivity index (χ2v) is 5.89. The summed E-state index contributed by atoms with van der Waals surface area (Å²) in [6, 6.07) is 7.97. The quantitative estimate of drug-likeness (QED) is 0.837. The Hall–Kier alpha value is -1.19. The minimum absolute atomic E-state index is 0.266. The first-order valence-electron chi connectivity index (χ1n) is 7.67. The lowest BCUT2D eigenvalue weighted by Gasteiger charge is -2.20. The number of nitrogens with two attached hydrogens (primary N) is 1. The number of Topliss-reactive ketones (excluding diaryl/α,β-unsaturated/α-hetero) is 1. The van der Waals surface area contributed by atoms with Gasteiger partial charge in [-0.2, -0.15) is 0 Å². The molecule has 3 N–H and O–H groups in total. The fourth-order valence-corrected chi connectivity index (χ4v) is 2.99. The molecule has 1 aromatic carbocycles. The minimum Gasteiger partial charge on any atom is -0.391 e. The number of hydrogen-bond donors (Lipinski definition) is 2. The topological polar surface area (TPSA) is 63.3 Å². The zero-order valence-corrected chi connectivity index (χ0v) is 12.1. The lowest BCUT2D eigenvalue weighted by molar-refractivity contribution is -0.123. The molecule has 3 heteroatoms. The van der Waals surface area contributed by atoms with E-state index in [0.29, 0.717) is 18.6 Å². The molecule has 1 fully saturated rings. The monoisotopic (exact) mass is 275 g/mol. The Kier molecular flexibility index (Phi) is 5.74. The molecule has 1 unspecified atom stereocenters. The van der Waals surface area contributed by atoms with Crippen LogP contribution in [0.1, 0.15) is 43.2 Å². The molecule has 1 aromatic rings. The molecule has 1 aliphatic rings. The summed E-state index contributed by atoms with van der Waals surface area (Å²) >= 11 is 0. The molecule has 0 heterocycles. The third kappa shape index (κ3) is 4.43. The van der Waals surface area contributed by atoms with E-state index >= 15 is 0 Å². The first-order chi connectivity index (χ1) is 9.69. The van der Waals surface area contributed by atoms with Crippen LogP contribution in [0.3, 0.4) is 0 Å². The molecule has 1 atom stereocenters. The maximum absolute atomic E-state index is 12.3. The molecule has 0 radical (unpaired) electrons. The van der Waals surface area contributed by atoms with Crippen molar-refractivity contribution in [1.82, 2.24) is 0 Å².